The van der Waals surface area contributed by atoms with Gasteiger partial charge in [0.1, 0.15) is 4.70 Å². The van der Waals surface area contributed by atoms with Gasteiger partial charge >= 0.3 is 0 Å². The average molecular weight is 224 g/mol. The van der Waals surface area contributed by atoms with E-state index in [0.717, 1.165) is 21.9 Å². The maximum Gasteiger partial charge on any atom is 0.272 e. The van der Waals surface area contributed by atoms with Crippen LogP contribution in [0.25, 0.3) is 10.2 Å². The van der Waals surface area contributed by atoms with Gasteiger partial charge < -0.3 is 0 Å². The summed E-state index contributed by atoms with van der Waals surface area (Å²) in [6, 6.07) is 1.91. The van der Waals surface area contributed by atoms with Crippen LogP contribution >= 0.6 is 23.1 Å². The number of rotatable bonds is 0. The number of thioether (sulfide) groups is 1. The van der Waals surface area contributed by atoms with E-state index in [-0.39, 0.29) is 5.56 Å². The molecule has 1 aliphatic rings. The summed E-state index contributed by atoms with van der Waals surface area (Å²) in [6.45, 7) is 2.91. The fourth-order valence-electron chi connectivity index (χ4n) is 1.65. The molecule has 0 N–H and O–H groups in total. The maximum atomic E-state index is 11.9. The molecule has 3 heterocycles. The molecule has 0 saturated heterocycles. The molecule has 0 amide bonds. The summed E-state index contributed by atoms with van der Waals surface area (Å²) in [5.41, 5.74) is 0.963. The standard InChI is InChI=1S/C9H8N2OS2/c1-5-4-11-8(12)7-6(2-3-13-7)10-9(11)14-5/h2-3,5H,4H2,1H3. The number of hydrogen-bond donors (Lipinski definition) is 0. The largest absolute Gasteiger partial charge is 0.285 e. The number of fused-ring (bicyclic) bond motifs is 2. The van der Waals surface area contributed by atoms with E-state index < -0.39 is 0 Å². The lowest BCUT2D eigenvalue weighted by Gasteiger charge is -1.99. The summed E-state index contributed by atoms with van der Waals surface area (Å²) >= 11 is 3.16. The zero-order valence-electron chi connectivity index (χ0n) is 7.56. The van der Waals surface area contributed by atoms with E-state index in [1.54, 1.807) is 16.3 Å². The van der Waals surface area contributed by atoms with E-state index in [4.69, 9.17) is 0 Å². The first-order valence-corrected chi connectivity index (χ1v) is 6.16. The Labute approximate surface area is 88.8 Å². The molecule has 5 heteroatoms. The van der Waals surface area contributed by atoms with Crippen LogP contribution in [0.1, 0.15) is 6.92 Å². The summed E-state index contributed by atoms with van der Waals surface area (Å²) in [5, 5.41) is 3.25. The van der Waals surface area contributed by atoms with Crippen molar-refractivity contribution in [1.29, 1.82) is 0 Å². The summed E-state index contributed by atoms with van der Waals surface area (Å²) in [6.07, 6.45) is 0. The van der Waals surface area contributed by atoms with Gasteiger partial charge in [-0.1, -0.05) is 18.7 Å². The van der Waals surface area contributed by atoms with Gasteiger partial charge in [0.2, 0.25) is 0 Å². The van der Waals surface area contributed by atoms with Gasteiger partial charge in [-0.05, 0) is 11.4 Å². The second kappa shape index (κ2) is 2.84. The highest BCUT2D eigenvalue weighted by Gasteiger charge is 2.22. The molecule has 3 nitrogen and oxygen atoms in total. The molecule has 0 fully saturated rings. The second-order valence-corrected chi connectivity index (χ2v) is 5.70. The molecule has 14 heavy (non-hydrogen) atoms. The minimum atomic E-state index is 0.122. The smallest absolute Gasteiger partial charge is 0.272 e. The Morgan fingerprint density at radius 2 is 2.50 bits per heavy atom. The van der Waals surface area contributed by atoms with Gasteiger partial charge in [-0.15, -0.1) is 11.3 Å². The molecule has 0 radical (unpaired) electrons. The van der Waals surface area contributed by atoms with Crippen molar-refractivity contribution in [1.82, 2.24) is 9.55 Å². The minimum absolute atomic E-state index is 0.122. The van der Waals surface area contributed by atoms with Crippen LogP contribution in [0.3, 0.4) is 0 Å². The van der Waals surface area contributed by atoms with Gasteiger partial charge in [0.05, 0.1) is 5.52 Å². The molecule has 72 valence electrons. The van der Waals surface area contributed by atoms with Crippen molar-refractivity contribution in [2.75, 3.05) is 0 Å². The zero-order valence-corrected chi connectivity index (χ0v) is 9.19. The van der Waals surface area contributed by atoms with E-state index in [0.29, 0.717) is 5.25 Å². The molecular weight excluding hydrogens is 216 g/mol. The Morgan fingerprint density at radius 1 is 1.64 bits per heavy atom. The molecule has 1 atom stereocenters. The predicted octanol–water partition coefficient (Wildman–Crippen LogP) is 1.95. The van der Waals surface area contributed by atoms with Crippen molar-refractivity contribution in [2.45, 2.75) is 23.9 Å². The van der Waals surface area contributed by atoms with Crippen LogP contribution in [0, 0.1) is 0 Å². The van der Waals surface area contributed by atoms with Crippen molar-refractivity contribution < 1.29 is 0 Å². The average Bonchev–Trinajstić information content (AvgIpc) is 2.71. The van der Waals surface area contributed by atoms with Gasteiger partial charge in [0.15, 0.2) is 5.16 Å². The normalized spacial score (nSPS) is 20.2. The van der Waals surface area contributed by atoms with E-state index in [2.05, 4.69) is 11.9 Å². The van der Waals surface area contributed by atoms with Crippen LogP contribution in [-0.4, -0.2) is 14.8 Å². The van der Waals surface area contributed by atoms with Crippen LogP contribution in [-0.2, 0) is 6.54 Å². The number of nitrogens with zero attached hydrogens (tertiary/aromatic N) is 2. The topological polar surface area (TPSA) is 34.9 Å². The molecule has 1 unspecified atom stereocenters. The van der Waals surface area contributed by atoms with Crippen LogP contribution in [0.5, 0.6) is 0 Å². The van der Waals surface area contributed by atoms with Crippen LogP contribution in [0.4, 0.5) is 0 Å². The van der Waals surface area contributed by atoms with E-state index in [1.165, 1.54) is 11.3 Å². The first kappa shape index (κ1) is 8.49. The van der Waals surface area contributed by atoms with Gasteiger partial charge in [0.25, 0.3) is 5.56 Å². The lowest BCUT2D eigenvalue weighted by molar-refractivity contribution is 0.630. The van der Waals surface area contributed by atoms with E-state index in [1.807, 2.05) is 11.4 Å². The first-order chi connectivity index (χ1) is 6.75. The summed E-state index contributed by atoms with van der Waals surface area (Å²) in [4.78, 5) is 16.4. The second-order valence-electron chi connectivity index (χ2n) is 3.37. The molecule has 0 saturated carbocycles. The molecule has 0 bridgehead atoms. The Kier molecular flexibility index (Phi) is 1.72. The molecule has 0 aliphatic carbocycles. The third kappa shape index (κ3) is 1.05. The fraction of sp³-hybridized carbons (Fsp3) is 0.333. The SMILES string of the molecule is CC1Cn2c(nc3ccsc3c2=O)S1. The predicted molar refractivity (Wildman–Crippen MR) is 59.2 cm³/mol. The zero-order chi connectivity index (χ0) is 9.71. The molecule has 2 aromatic heterocycles. The van der Waals surface area contributed by atoms with Crippen molar-refractivity contribution in [2.24, 2.45) is 0 Å². The number of aromatic nitrogens is 2. The Morgan fingerprint density at radius 3 is 3.36 bits per heavy atom. The Hall–Kier alpha value is -0.810. The monoisotopic (exact) mass is 224 g/mol. The summed E-state index contributed by atoms with van der Waals surface area (Å²) in [5.74, 6) is 0. The molecule has 0 aromatic carbocycles. The molecule has 2 aromatic rings. The first-order valence-electron chi connectivity index (χ1n) is 4.40. The molecule has 3 rings (SSSR count). The third-order valence-corrected chi connectivity index (χ3v) is 4.24. The fourth-order valence-corrected chi connectivity index (χ4v) is 3.45. The van der Waals surface area contributed by atoms with Crippen molar-refractivity contribution >= 4 is 33.3 Å². The van der Waals surface area contributed by atoms with Gasteiger partial charge in [0, 0.05) is 11.8 Å². The Balaban J connectivity index is 2.41. The Bertz CT molecular complexity index is 557. The highest BCUT2D eigenvalue weighted by molar-refractivity contribution is 7.99. The van der Waals surface area contributed by atoms with Gasteiger partial charge in [-0.2, -0.15) is 0 Å². The van der Waals surface area contributed by atoms with E-state index in [9.17, 15) is 4.79 Å². The van der Waals surface area contributed by atoms with Crippen molar-refractivity contribution in [3.05, 3.63) is 21.8 Å². The summed E-state index contributed by atoms with van der Waals surface area (Å²) < 4.78 is 2.57. The van der Waals surface area contributed by atoms with Gasteiger partial charge in [-0.3, -0.25) is 9.36 Å². The quantitative estimate of drug-likeness (QED) is 0.642. The lowest BCUT2D eigenvalue weighted by atomic mass is 10.4. The highest BCUT2D eigenvalue weighted by Crippen LogP contribution is 2.30. The van der Waals surface area contributed by atoms with Crippen LogP contribution in [0.15, 0.2) is 21.4 Å². The maximum absolute atomic E-state index is 11.9. The van der Waals surface area contributed by atoms with Crippen molar-refractivity contribution in [3.8, 4) is 0 Å². The molecule has 0 spiro atoms. The van der Waals surface area contributed by atoms with E-state index >= 15 is 0 Å². The number of hydrogen-bond acceptors (Lipinski definition) is 4. The summed E-state index contributed by atoms with van der Waals surface area (Å²) in [7, 11) is 0. The van der Waals surface area contributed by atoms with Crippen molar-refractivity contribution in [3.63, 3.8) is 0 Å². The van der Waals surface area contributed by atoms with Crippen LogP contribution in [0.2, 0.25) is 0 Å². The third-order valence-electron chi connectivity index (χ3n) is 2.28. The highest BCUT2D eigenvalue weighted by atomic mass is 32.2. The minimum Gasteiger partial charge on any atom is -0.285 e. The molecular formula is C9H8N2OS2. The van der Waals surface area contributed by atoms with Gasteiger partial charge in [-0.25, -0.2) is 4.98 Å². The van der Waals surface area contributed by atoms with Crippen LogP contribution < -0.4 is 5.56 Å². The lowest BCUT2D eigenvalue weighted by Crippen LogP contribution is -2.20. The number of thiophene rings is 1. The molecule has 1 aliphatic heterocycles.